The Morgan fingerprint density at radius 2 is 2.35 bits per heavy atom. The number of aromatic nitrogens is 4. The third-order valence-electron chi connectivity index (χ3n) is 2.74. The molecule has 3 N–H and O–H groups in total. The Bertz CT molecular complexity index is 534. The molecule has 7 heteroatoms. The van der Waals surface area contributed by atoms with Gasteiger partial charge in [0, 0.05) is 6.54 Å². The van der Waals surface area contributed by atoms with Gasteiger partial charge in [-0.3, -0.25) is 4.98 Å². The highest BCUT2D eigenvalue weighted by molar-refractivity contribution is 5.35. The molecule has 1 aliphatic rings. The van der Waals surface area contributed by atoms with E-state index in [1.165, 1.54) is 12.3 Å². The molecule has 2 aromatic rings. The fourth-order valence-electron chi connectivity index (χ4n) is 1.98. The number of hydrogen-bond acceptors (Lipinski definition) is 5. The van der Waals surface area contributed by atoms with Crippen molar-refractivity contribution in [3.63, 3.8) is 0 Å². The Kier molecular flexibility index (Phi) is 2.17. The largest absolute Gasteiger partial charge is 0.366 e. The van der Waals surface area contributed by atoms with Gasteiger partial charge in [0.05, 0.1) is 17.9 Å². The van der Waals surface area contributed by atoms with E-state index >= 15 is 0 Å². The van der Waals surface area contributed by atoms with Crippen LogP contribution in [0, 0.1) is 5.82 Å². The van der Waals surface area contributed by atoms with Gasteiger partial charge in [-0.15, -0.1) is 5.10 Å². The molecular formula is C10H11FN6. The molecule has 0 spiro atoms. The predicted molar refractivity (Wildman–Crippen MR) is 59.9 cm³/mol. The van der Waals surface area contributed by atoms with E-state index in [9.17, 15) is 4.39 Å². The monoisotopic (exact) mass is 234 g/mol. The molecule has 88 valence electrons. The summed E-state index contributed by atoms with van der Waals surface area (Å²) in [7, 11) is 0. The molecule has 0 aromatic carbocycles. The smallest absolute Gasteiger partial charge is 0.241 e. The number of anilines is 2. The van der Waals surface area contributed by atoms with Gasteiger partial charge in [-0.25, -0.2) is 9.07 Å². The Hall–Kier alpha value is -2.18. The number of rotatable bonds is 1. The van der Waals surface area contributed by atoms with Crippen LogP contribution in [0.15, 0.2) is 18.3 Å². The van der Waals surface area contributed by atoms with Crippen LogP contribution in [-0.2, 0) is 0 Å². The van der Waals surface area contributed by atoms with E-state index in [0.29, 0.717) is 5.95 Å². The van der Waals surface area contributed by atoms with Crippen molar-refractivity contribution in [3.05, 3.63) is 29.8 Å². The quantitative estimate of drug-likeness (QED) is 0.762. The number of pyridine rings is 1. The number of nitrogens with two attached hydrogens (primary N) is 1. The number of hydrogen-bond donors (Lipinski definition) is 2. The first kappa shape index (κ1) is 10.0. The first-order valence-electron chi connectivity index (χ1n) is 5.31. The van der Waals surface area contributed by atoms with Crippen molar-refractivity contribution in [2.45, 2.75) is 12.5 Å². The van der Waals surface area contributed by atoms with Gasteiger partial charge < -0.3 is 11.1 Å². The summed E-state index contributed by atoms with van der Waals surface area (Å²) < 4.78 is 14.5. The van der Waals surface area contributed by atoms with Crippen molar-refractivity contribution in [1.82, 2.24) is 19.7 Å². The van der Waals surface area contributed by atoms with E-state index in [4.69, 9.17) is 5.73 Å². The maximum atomic E-state index is 12.8. The molecular weight excluding hydrogens is 223 g/mol. The standard InChI is InChI=1S/C10H11FN6/c11-6-1-2-7(14-5-6)8-3-4-13-10-15-9(12)16-17(8)10/h1-2,5,8H,3-4H2,(H3,12,13,15,16). The third kappa shape index (κ3) is 1.69. The topological polar surface area (TPSA) is 81.7 Å². The Labute approximate surface area is 96.7 Å². The average Bonchev–Trinajstić information content (AvgIpc) is 2.70. The van der Waals surface area contributed by atoms with E-state index in [1.807, 2.05) is 0 Å². The van der Waals surface area contributed by atoms with Crippen LogP contribution in [0.2, 0.25) is 0 Å². The molecule has 1 atom stereocenters. The summed E-state index contributed by atoms with van der Waals surface area (Å²) in [5.41, 5.74) is 6.32. The van der Waals surface area contributed by atoms with Gasteiger partial charge in [0.2, 0.25) is 11.9 Å². The SMILES string of the molecule is Nc1nc2n(n1)C(c1ccc(F)cn1)CCN2. The zero-order valence-electron chi connectivity index (χ0n) is 8.97. The Morgan fingerprint density at radius 3 is 3.12 bits per heavy atom. The van der Waals surface area contributed by atoms with Crippen LogP contribution in [0.5, 0.6) is 0 Å². The summed E-state index contributed by atoms with van der Waals surface area (Å²) in [6.45, 7) is 0.766. The predicted octanol–water partition coefficient (Wildman–Crippen LogP) is 0.799. The molecule has 0 radical (unpaired) electrons. The summed E-state index contributed by atoms with van der Waals surface area (Å²) in [6.07, 6.45) is 2.02. The molecule has 17 heavy (non-hydrogen) atoms. The molecule has 0 amide bonds. The van der Waals surface area contributed by atoms with Crippen LogP contribution >= 0.6 is 0 Å². The van der Waals surface area contributed by atoms with Gasteiger partial charge in [0.15, 0.2) is 0 Å². The van der Waals surface area contributed by atoms with Crippen LogP contribution in [0.1, 0.15) is 18.2 Å². The fourth-order valence-corrected chi connectivity index (χ4v) is 1.98. The molecule has 1 unspecified atom stereocenters. The van der Waals surface area contributed by atoms with Gasteiger partial charge in [-0.1, -0.05) is 0 Å². The lowest BCUT2D eigenvalue weighted by atomic mass is 10.1. The highest BCUT2D eigenvalue weighted by atomic mass is 19.1. The molecule has 3 heterocycles. The van der Waals surface area contributed by atoms with Gasteiger partial charge in [0.25, 0.3) is 0 Å². The number of fused-ring (bicyclic) bond motifs is 1. The van der Waals surface area contributed by atoms with Crippen LogP contribution in [0.3, 0.4) is 0 Å². The van der Waals surface area contributed by atoms with Crippen molar-refractivity contribution in [3.8, 4) is 0 Å². The van der Waals surface area contributed by atoms with Crippen molar-refractivity contribution in [2.24, 2.45) is 0 Å². The lowest BCUT2D eigenvalue weighted by Crippen LogP contribution is -2.25. The molecule has 2 aromatic heterocycles. The second kappa shape index (κ2) is 3.69. The lowest BCUT2D eigenvalue weighted by molar-refractivity contribution is 0.469. The maximum Gasteiger partial charge on any atom is 0.241 e. The van der Waals surface area contributed by atoms with Crippen molar-refractivity contribution in [2.75, 3.05) is 17.6 Å². The minimum atomic E-state index is -0.346. The molecule has 1 aliphatic heterocycles. The molecule has 0 saturated carbocycles. The summed E-state index contributed by atoms with van der Waals surface area (Å²) in [4.78, 5) is 8.14. The second-order valence-electron chi connectivity index (χ2n) is 3.87. The number of nitrogens with one attached hydrogen (secondary N) is 1. The Morgan fingerprint density at radius 1 is 1.47 bits per heavy atom. The lowest BCUT2D eigenvalue weighted by Gasteiger charge is -2.23. The van der Waals surface area contributed by atoms with Gasteiger partial charge in [-0.05, 0) is 18.6 Å². The van der Waals surface area contributed by atoms with E-state index in [2.05, 4.69) is 20.4 Å². The number of nitrogens with zero attached hydrogens (tertiary/aromatic N) is 4. The minimum absolute atomic E-state index is 0.0448. The van der Waals surface area contributed by atoms with E-state index in [1.54, 1.807) is 10.7 Å². The first-order valence-corrected chi connectivity index (χ1v) is 5.31. The van der Waals surface area contributed by atoms with Crippen LogP contribution in [0.4, 0.5) is 16.3 Å². The van der Waals surface area contributed by atoms with Crippen LogP contribution in [0.25, 0.3) is 0 Å². The normalized spacial score (nSPS) is 18.5. The van der Waals surface area contributed by atoms with Crippen molar-refractivity contribution in [1.29, 1.82) is 0 Å². The van der Waals surface area contributed by atoms with E-state index in [-0.39, 0.29) is 17.8 Å². The molecule has 0 bridgehead atoms. The van der Waals surface area contributed by atoms with Gasteiger partial charge in [0.1, 0.15) is 5.82 Å². The average molecular weight is 234 g/mol. The maximum absolute atomic E-state index is 12.8. The zero-order valence-corrected chi connectivity index (χ0v) is 8.97. The molecule has 0 saturated heterocycles. The molecule has 0 aliphatic carbocycles. The summed E-state index contributed by atoms with van der Waals surface area (Å²) in [6, 6.07) is 3.01. The molecule has 3 rings (SSSR count). The zero-order chi connectivity index (χ0) is 11.8. The Balaban J connectivity index is 2.02. The molecule has 6 nitrogen and oxygen atoms in total. The summed E-state index contributed by atoms with van der Waals surface area (Å²) in [5.74, 6) is 0.507. The minimum Gasteiger partial charge on any atom is -0.366 e. The first-order chi connectivity index (χ1) is 8.24. The third-order valence-corrected chi connectivity index (χ3v) is 2.74. The molecule has 0 fully saturated rings. The highest BCUT2D eigenvalue weighted by Crippen LogP contribution is 2.27. The van der Waals surface area contributed by atoms with E-state index in [0.717, 1.165) is 18.7 Å². The number of nitrogen functional groups attached to an aromatic ring is 1. The fraction of sp³-hybridized carbons (Fsp3) is 0.300. The summed E-state index contributed by atoms with van der Waals surface area (Å²) >= 11 is 0. The van der Waals surface area contributed by atoms with Crippen molar-refractivity contribution < 1.29 is 4.39 Å². The van der Waals surface area contributed by atoms with Crippen LogP contribution < -0.4 is 11.1 Å². The van der Waals surface area contributed by atoms with Crippen LogP contribution in [-0.4, -0.2) is 26.3 Å². The highest BCUT2D eigenvalue weighted by Gasteiger charge is 2.24. The van der Waals surface area contributed by atoms with E-state index < -0.39 is 0 Å². The van der Waals surface area contributed by atoms with Gasteiger partial charge in [-0.2, -0.15) is 4.98 Å². The number of halogens is 1. The summed E-state index contributed by atoms with van der Waals surface area (Å²) in [5, 5.41) is 7.22. The van der Waals surface area contributed by atoms with Gasteiger partial charge >= 0.3 is 0 Å². The van der Waals surface area contributed by atoms with Crippen molar-refractivity contribution >= 4 is 11.9 Å². The second-order valence-corrected chi connectivity index (χ2v) is 3.87.